The zero-order chi connectivity index (χ0) is 17.6. The van der Waals surface area contributed by atoms with E-state index < -0.39 is 11.4 Å². The van der Waals surface area contributed by atoms with E-state index in [4.69, 9.17) is 4.74 Å². The van der Waals surface area contributed by atoms with E-state index in [1.807, 2.05) is 0 Å². The molecular formula is C16H22N4O5. The van der Waals surface area contributed by atoms with Crippen LogP contribution in [0, 0.1) is 18.3 Å². The summed E-state index contributed by atoms with van der Waals surface area (Å²) in [5.74, 6) is -1.19. The van der Waals surface area contributed by atoms with Crippen molar-refractivity contribution in [2.75, 3.05) is 39.4 Å². The Hall–Kier alpha value is -2.00. The van der Waals surface area contributed by atoms with Gasteiger partial charge in [0, 0.05) is 51.4 Å². The van der Waals surface area contributed by atoms with Crippen molar-refractivity contribution >= 4 is 11.9 Å². The summed E-state index contributed by atoms with van der Waals surface area (Å²) in [6, 6.07) is 0.377. The molecule has 3 aliphatic rings. The number of carbonyl (C=O) groups is 2. The number of hydrogen-bond donors (Lipinski definition) is 1. The van der Waals surface area contributed by atoms with E-state index in [2.05, 4.69) is 19.8 Å². The lowest BCUT2D eigenvalue weighted by molar-refractivity contribution is -0.148. The zero-order valence-electron chi connectivity index (χ0n) is 14.2. The Balaban J connectivity index is 1.52. The lowest BCUT2D eigenvalue weighted by Gasteiger charge is -2.33. The van der Waals surface area contributed by atoms with Crippen LogP contribution in [0.4, 0.5) is 0 Å². The minimum absolute atomic E-state index is 0.0723. The number of aliphatic carboxylic acids is 1. The summed E-state index contributed by atoms with van der Waals surface area (Å²) in [4.78, 5) is 28.6. The van der Waals surface area contributed by atoms with Crippen LogP contribution in [0.25, 0.3) is 0 Å². The number of aromatic nitrogens is 2. The average Bonchev–Trinajstić information content (AvgIpc) is 3.27. The molecule has 0 unspecified atom stereocenters. The maximum Gasteiger partial charge on any atom is 0.313 e. The number of amides is 1. The third kappa shape index (κ3) is 2.62. The summed E-state index contributed by atoms with van der Waals surface area (Å²) in [6.07, 6.45) is 1.88. The predicted molar refractivity (Wildman–Crippen MR) is 83.9 cm³/mol. The van der Waals surface area contributed by atoms with E-state index in [0.29, 0.717) is 31.4 Å². The van der Waals surface area contributed by atoms with Crippen molar-refractivity contribution in [3.63, 3.8) is 0 Å². The second kappa shape index (κ2) is 6.06. The van der Waals surface area contributed by atoms with Crippen LogP contribution < -0.4 is 0 Å². The van der Waals surface area contributed by atoms with Gasteiger partial charge < -0.3 is 14.7 Å². The lowest BCUT2D eigenvalue weighted by Crippen LogP contribution is -2.45. The highest BCUT2D eigenvalue weighted by atomic mass is 16.6. The number of carboxylic acid groups (broad SMARTS) is 1. The molecule has 0 aromatic carbocycles. The van der Waals surface area contributed by atoms with Crippen molar-refractivity contribution < 1.29 is 24.1 Å². The third-order valence-corrected chi connectivity index (χ3v) is 5.91. The van der Waals surface area contributed by atoms with Gasteiger partial charge in [-0.25, -0.2) is 4.63 Å². The van der Waals surface area contributed by atoms with E-state index in [1.54, 1.807) is 11.8 Å². The minimum atomic E-state index is -0.904. The second-order valence-corrected chi connectivity index (χ2v) is 7.32. The monoisotopic (exact) mass is 350 g/mol. The summed E-state index contributed by atoms with van der Waals surface area (Å²) in [5.41, 5.74) is -0.309. The van der Waals surface area contributed by atoms with Gasteiger partial charge in [-0.3, -0.25) is 14.5 Å². The Morgan fingerprint density at radius 3 is 2.56 bits per heavy atom. The van der Waals surface area contributed by atoms with Crippen molar-refractivity contribution in [2.24, 2.45) is 11.3 Å². The summed E-state index contributed by atoms with van der Waals surface area (Å²) in [6.45, 7) is 4.94. The molecule has 1 N–H and O–H groups in total. The van der Waals surface area contributed by atoms with Crippen molar-refractivity contribution in [2.45, 2.75) is 25.8 Å². The summed E-state index contributed by atoms with van der Waals surface area (Å²) in [5, 5.41) is 17.2. The van der Waals surface area contributed by atoms with Crippen LogP contribution in [-0.4, -0.2) is 82.5 Å². The normalized spacial score (nSPS) is 30.6. The molecule has 0 saturated carbocycles. The first-order valence-corrected chi connectivity index (χ1v) is 8.65. The number of carbonyl (C=O) groups excluding carboxylic acids is 1. The van der Waals surface area contributed by atoms with E-state index in [9.17, 15) is 14.7 Å². The molecule has 25 heavy (non-hydrogen) atoms. The number of ether oxygens (including phenoxy) is 1. The van der Waals surface area contributed by atoms with Crippen LogP contribution in [0.3, 0.4) is 0 Å². The van der Waals surface area contributed by atoms with Gasteiger partial charge in [0.15, 0.2) is 5.69 Å². The van der Waals surface area contributed by atoms with E-state index >= 15 is 0 Å². The molecule has 9 nitrogen and oxygen atoms in total. The predicted octanol–water partition coefficient (Wildman–Crippen LogP) is 0.0156. The molecule has 4 heterocycles. The van der Waals surface area contributed by atoms with Crippen molar-refractivity contribution in [1.29, 1.82) is 0 Å². The minimum Gasteiger partial charge on any atom is -0.481 e. The first-order chi connectivity index (χ1) is 12.0. The number of carboxylic acids is 1. The molecule has 0 bridgehead atoms. The molecule has 0 spiro atoms. The largest absolute Gasteiger partial charge is 0.481 e. The van der Waals surface area contributed by atoms with Crippen LogP contribution in [-0.2, 0) is 9.53 Å². The van der Waals surface area contributed by atoms with E-state index in [-0.39, 0.29) is 24.1 Å². The van der Waals surface area contributed by atoms with Gasteiger partial charge in [0.25, 0.3) is 5.91 Å². The van der Waals surface area contributed by atoms with Gasteiger partial charge in [-0.1, -0.05) is 5.16 Å². The Kier molecular flexibility index (Phi) is 3.99. The molecule has 3 aliphatic heterocycles. The second-order valence-electron chi connectivity index (χ2n) is 7.32. The number of rotatable bonds is 3. The van der Waals surface area contributed by atoms with E-state index in [1.165, 1.54) is 0 Å². The first kappa shape index (κ1) is 16.5. The highest BCUT2D eigenvalue weighted by Crippen LogP contribution is 2.44. The summed E-state index contributed by atoms with van der Waals surface area (Å²) < 4.78 is 10.0. The Labute approximate surface area is 144 Å². The van der Waals surface area contributed by atoms with Crippen LogP contribution in [0.2, 0.25) is 0 Å². The molecule has 1 amide bonds. The molecule has 0 radical (unpaired) electrons. The summed E-state index contributed by atoms with van der Waals surface area (Å²) >= 11 is 0. The molecule has 4 rings (SSSR count). The quantitative estimate of drug-likeness (QED) is 0.812. The lowest BCUT2D eigenvalue weighted by atomic mass is 9.81. The number of likely N-dealkylation sites (tertiary alicyclic amines) is 2. The molecule has 2 atom stereocenters. The third-order valence-electron chi connectivity index (χ3n) is 5.91. The zero-order valence-corrected chi connectivity index (χ0v) is 14.2. The molecule has 1 aromatic heterocycles. The molecule has 136 valence electrons. The Morgan fingerprint density at radius 2 is 1.96 bits per heavy atom. The number of nitrogens with zero attached hydrogens (tertiary/aromatic N) is 4. The SMILES string of the molecule is Cc1nonc1C(=O)N1C[C@@H]2CN(C3CCOCC3)C[C@]2(C(=O)O)C1. The average molecular weight is 350 g/mol. The van der Waals surface area contributed by atoms with Crippen LogP contribution in [0.1, 0.15) is 29.0 Å². The van der Waals surface area contributed by atoms with Gasteiger partial charge in [-0.05, 0) is 24.9 Å². The van der Waals surface area contributed by atoms with Crippen LogP contribution in [0.15, 0.2) is 4.63 Å². The van der Waals surface area contributed by atoms with Crippen LogP contribution >= 0.6 is 0 Å². The molecule has 3 fully saturated rings. The van der Waals surface area contributed by atoms with Crippen molar-refractivity contribution in [1.82, 2.24) is 20.1 Å². The number of fused-ring (bicyclic) bond motifs is 1. The van der Waals surface area contributed by atoms with E-state index in [0.717, 1.165) is 26.1 Å². The number of hydrogen-bond acceptors (Lipinski definition) is 7. The van der Waals surface area contributed by atoms with Gasteiger partial charge in [0.2, 0.25) is 0 Å². The Morgan fingerprint density at radius 1 is 1.20 bits per heavy atom. The standard InChI is InChI=1S/C16H22N4O5/c1-10-13(18-25-17-10)14(21)20-7-11-6-19(12-2-4-24-5-3-12)8-16(11,9-20)15(22)23/h11-12H,2-9H2,1H3,(H,22,23)/t11-,16-/m0/s1. The maximum absolute atomic E-state index is 12.6. The van der Waals surface area contributed by atoms with Gasteiger partial charge in [0.05, 0.1) is 0 Å². The van der Waals surface area contributed by atoms with Crippen LogP contribution in [0.5, 0.6) is 0 Å². The molecule has 9 heteroatoms. The van der Waals surface area contributed by atoms with Gasteiger partial charge in [0.1, 0.15) is 11.1 Å². The molecular weight excluding hydrogens is 328 g/mol. The topological polar surface area (TPSA) is 109 Å². The fraction of sp³-hybridized carbons (Fsp3) is 0.750. The maximum atomic E-state index is 12.6. The van der Waals surface area contributed by atoms with Crippen molar-refractivity contribution in [3.8, 4) is 0 Å². The highest BCUT2D eigenvalue weighted by Gasteiger charge is 2.59. The van der Waals surface area contributed by atoms with Gasteiger partial charge in [-0.15, -0.1) is 0 Å². The van der Waals surface area contributed by atoms with Crippen molar-refractivity contribution in [3.05, 3.63) is 11.4 Å². The first-order valence-electron chi connectivity index (χ1n) is 8.65. The smallest absolute Gasteiger partial charge is 0.313 e. The fourth-order valence-corrected chi connectivity index (χ4v) is 4.47. The Bertz CT molecular complexity index is 686. The van der Waals surface area contributed by atoms with Gasteiger partial charge >= 0.3 is 5.97 Å². The number of aryl methyl sites for hydroxylation is 1. The molecule has 0 aliphatic carbocycles. The molecule has 3 saturated heterocycles. The highest BCUT2D eigenvalue weighted by molar-refractivity contribution is 5.94. The van der Waals surface area contributed by atoms with Gasteiger partial charge in [-0.2, -0.15) is 0 Å². The summed E-state index contributed by atoms with van der Waals surface area (Å²) in [7, 11) is 0. The molecule has 1 aromatic rings. The fourth-order valence-electron chi connectivity index (χ4n) is 4.47.